The van der Waals surface area contributed by atoms with Crippen molar-refractivity contribution in [3.63, 3.8) is 0 Å². The Hall–Kier alpha value is -3.17. The Kier molecular flexibility index (Phi) is 9.12. The van der Waals surface area contributed by atoms with Crippen molar-refractivity contribution < 1.29 is 22.1 Å². The Bertz CT molecular complexity index is 1610. The first-order chi connectivity index (χ1) is 18.5. The monoisotopic (exact) mass is 586 g/mol. The summed E-state index contributed by atoms with van der Waals surface area (Å²) in [5.74, 6) is 0.352. The second-order valence-electron chi connectivity index (χ2n) is 9.33. The van der Waals surface area contributed by atoms with Crippen molar-refractivity contribution in [2.75, 3.05) is 20.4 Å². The first-order valence-electron chi connectivity index (χ1n) is 12.1. The molecule has 0 fully saturated rings. The zero-order valence-corrected chi connectivity index (χ0v) is 24.1. The largest absolute Gasteiger partial charge is 0.487 e. The summed E-state index contributed by atoms with van der Waals surface area (Å²) in [5, 5.41) is 2.03. The average molecular weight is 588 g/mol. The summed E-state index contributed by atoms with van der Waals surface area (Å²) in [4.78, 5) is 18.8. The highest BCUT2D eigenvalue weighted by molar-refractivity contribution is 7.86. The van der Waals surface area contributed by atoms with Gasteiger partial charge in [0.25, 0.3) is 16.0 Å². The van der Waals surface area contributed by atoms with Crippen LogP contribution in [0.2, 0.25) is 10.0 Å². The van der Waals surface area contributed by atoms with Crippen molar-refractivity contribution in [1.82, 2.24) is 9.88 Å². The van der Waals surface area contributed by atoms with Gasteiger partial charge in [0, 0.05) is 35.1 Å². The van der Waals surface area contributed by atoms with E-state index in [1.54, 1.807) is 62.6 Å². The Balaban J connectivity index is 1.53. The number of aryl methyl sites for hydroxylation is 1. The lowest BCUT2D eigenvalue weighted by atomic mass is 9.97. The number of amides is 1. The van der Waals surface area contributed by atoms with Gasteiger partial charge in [0.2, 0.25) is 0 Å². The van der Waals surface area contributed by atoms with Gasteiger partial charge in [-0.1, -0.05) is 53.5 Å². The number of fused-ring (bicyclic) bond motifs is 1. The second kappa shape index (κ2) is 12.3. The van der Waals surface area contributed by atoms with E-state index in [0.717, 1.165) is 28.4 Å². The van der Waals surface area contributed by atoms with Crippen molar-refractivity contribution in [3.05, 3.63) is 105 Å². The number of carbonyl (C=O) groups is 1. The normalized spacial score (nSPS) is 12.3. The van der Waals surface area contributed by atoms with Gasteiger partial charge < -0.3 is 9.64 Å². The second-order valence-corrected chi connectivity index (χ2v) is 11.8. The molecule has 0 aliphatic heterocycles. The molecule has 0 unspecified atom stereocenters. The summed E-state index contributed by atoms with van der Waals surface area (Å²) in [5.41, 5.74) is 3.33. The number of hydrogen-bond donors (Lipinski definition) is 0. The summed E-state index contributed by atoms with van der Waals surface area (Å²) < 4.78 is 35.7. The molecular formula is C29H28Cl2N2O5S. The van der Waals surface area contributed by atoms with E-state index in [4.69, 9.17) is 32.1 Å². The van der Waals surface area contributed by atoms with Crippen molar-refractivity contribution in [3.8, 4) is 5.75 Å². The van der Waals surface area contributed by atoms with Crippen LogP contribution in [-0.4, -0.2) is 44.6 Å². The van der Waals surface area contributed by atoms with Crippen LogP contribution in [0.4, 0.5) is 0 Å². The highest BCUT2D eigenvalue weighted by atomic mass is 35.5. The molecule has 0 N–H and O–H groups in total. The zero-order valence-electron chi connectivity index (χ0n) is 21.7. The molecule has 0 aliphatic carbocycles. The number of rotatable bonds is 10. The van der Waals surface area contributed by atoms with Gasteiger partial charge >= 0.3 is 0 Å². The fourth-order valence-electron chi connectivity index (χ4n) is 4.15. The van der Waals surface area contributed by atoms with Crippen LogP contribution in [0.15, 0.2) is 72.8 Å². The molecule has 1 aromatic heterocycles. The van der Waals surface area contributed by atoms with Gasteiger partial charge in [0.15, 0.2) is 0 Å². The molecule has 7 nitrogen and oxygen atoms in total. The number of nitrogens with zero attached hydrogens (tertiary/aromatic N) is 2. The summed E-state index contributed by atoms with van der Waals surface area (Å²) in [7, 11) is -0.446. The number of halogens is 2. The quantitative estimate of drug-likeness (QED) is 0.198. The van der Waals surface area contributed by atoms with E-state index in [9.17, 15) is 13.2 Å². The van der Waals surface area contributed by atoms with E-state index in [1.807, 2.05) is 24.3 Å². The third-order valence-corrected chi connectivity index (χ3v) is 7.06. The van der Waals surface area contributed by atoms with Crippen LogP contribution in [0.5, 0.6) is 5.75 Å². The molecule has 0 aliphatic rings. The molecule has 0 saturated carbocycles. The maximum Gasteiger partial charge on any atom is 0.264 e. The van der Waals surface area contributed by atoms with E-state index in [-0.39, 0.29) is 12.5 Å². The minimum atomic E-state index is -3.77. The molecule has 1 atom stereocenters. The van der Waals surface area contributed by atoms with Crippen molar-refractivity contribution in [2.45, 2.75) is 25.6 Å². The fourth-order valence-corrected chi connectivity index (χ4v) is 5.12. The molecule has 39 heavy (non-hydrogen) atoms. The fraction of sp³-hybridized carbons (Fsp3) is 0.241. The number of pyridine rings is 1. The maximum absolute atomic E-state index is 12.7. The molecule has 4 aromatic rings. The van der Waals surface area contributed by atoms with Gasteiger partial charge in [0.05, 0.1) is 17.5 Å². The van der Waals surface area contributed by atoms with Crippen LogP contribution in [0.1, 0.15) is 39.7 Å². The third kappa shape index (κ3) is 7.92. The van der Waals surface area contributed by atoms with Crippen LogP contribution in [0.25, 0.3) is 10.9 Å². The number of carbonyl (C=O) groups excluding carboxylic acids is 1. The lowest BCUT2D eigenvalue weighted by molar-refractivity contribution is 0.0826. The molecule has 0 saturated heterocycles. The van der Waals surface area contributed by atoms with Gasteiger partial charge in [-0.25, -0.2) is 4.98 Å². The zero-order chi connectivity index (χ0) is 28.2. The highest BCUT2D eigenvalue weighted by Crippen LogP contribution is 2.30. The lowest BCUT2D eigenvalue weighted by Gasteiger charge is -2.19. The van der Waals surface area contributed by atoms with Gasteiger partial charge in [-0.2, -0.15) is 8.42 Å². The van der Waals surface area contributed by atoms with Crippen molar-refractivity contribution >= 4 is 50.1 Å². The summed E-state index contributed by atoms with van der Waals surface area (Å²) in [6.45, 7) is 0.213. The van der Waals surface area contributed by atoms with E-state index in [2.05, 4.69) is 4.98 Å². The van der Waals surface area contributed by atoms with Crippen LogP contribution in [0.3, 0.4) is 0 Å². The summed E-state index contributed by atoms with van der Waals surface area (Å²) >= 11 is 12.2. The smallest absolute Gasteiger partial charge is 0.264 e. The van der Waals surface area contributed by atoms with Crippen molar-refractivity contribution in [2.24, 2.45) is 0 Å². The van der Waals surface area contributed by atoms with Crippen LogP contribution in [-0.2, 0) is 27.3 Å². The SMILES string of the molecule is CN(C)C(=O)c1cc(Cl)ccc1CC[C@@H](OS(C)(=O)=O)c1cccc(OCc2ccc3ccc(Cl)cc3n2)c1. The van der Waals surface area contributed by atoms with Gasteiger partial charge in [-0.3, -0.25) is 8.98 Å². The Morgan fingerprint density at radius 3 is 2.44 bits per heavy atom. The molecule has 1 amide bonds. The van der Waals surface area contributed by atoms with Crippen molar-refractivity contribution in [1.29, 1.82) is 0 Å². The van der Waals surface area contributed by atoms with E-state index >= 15 is 0 Å². The number of benzene rings is 3. The Morgan fingerprint density at radius 1 is 0.974 bits per heavy atom. The predicted molar refractivity (Wildman–Crippen MR) is 154 cm³/mol. The summed E-state index contributed by atoms with van der Waals surface area (Å²) in [6.07, 6.45) is 0.920. The number of hydrogen-bond acceptors (Lipinski definition) is 6. The molecule has 10 heteroatoms. The van der Waals surface area contributed by atoms with Gasteiger partial charge in [-0.15, -0.1) is 0 Å². The third-order valence-electron chi connectivity index (χ3n) is 6.00. The standard InChI is InChI=1S/C29H28Cl2N2O5S/c1-33(2)29(34)26-16-22(30)11-7-19(26)10-14-28(38-39(3,35)36)21-5-4-6-25(15-21)37-18-24-13-9-20-8-12-23(31)17-27(20)32-24/h4-9,11-13,15-17,28H,10,14,18H2,1-3H3/t28-/m1/s1. The predicted octanol–water partition coefficient (Wildman–Crippen LogP) is 6.47. The van der Waals surface area contributed by atoms with E-state index < -0.39 is 16.2 Å². The Labute approximate surface area is 238 Å². The highest BCUT2D eigenvalue weighted by Gasteiger charge is 2.21. The Morgan fingerprint density at radius 2 is 1.69 bits per heavy atom. The van der Waals surface area contributed by atoms with E-state index in [0.29, 0.717) is 39.8 Å². The van der Waals surface area contributed by atoms with E-state index in [1.165, 1.54) is 4.90 Å². The van der Waals surface area contributed by atoms with Crippen LogP contribution >= 0.6 is 23.2 Å². The average Bonchev–Trinajstić information content (AvgIpc) is 2.89. The lowest BCUT2D eigenvalue weighted by Crippen LogP contribution is -2.23. The minimum absolute atomic E-state index is 0.187. The molecule has 1 heterocycles. The van der Waals surface area contributed by atoms with Gasteiger partial charge in [-0.05, 0) is 66.4 Å². The number of ether oxygens (including phenoxy) is 1. The molecule has 3 aromatic carbocycles. The van der Waals surface area contributed by atoms with Crippen LogP contribution in [0, 0.1) is 0 Å². The first-order valence-corrected chi connectivity index (χ1v) is 14.7. The molecule has 4 rings (SSSR count). The molecule has 0 radical (unpaired) electrons. The summed E-state index contributed by atoms with van der Waals surface area (Å²) in [6, 6.07) is 21.6. The maximum atomic E-state index is 12.7. The molecule has 0 bridgehead atoms. The molecular weight excluding hydrogens is 559 g/mol. The van der Waals surface area contributed by atoms with Crippen LogP contribution < -0.4 is 4.74 Å². The molecule has 204 valence electrons. The minimum Gasteiger partial charge on any atom is -0.487 e. The first kappa shape index (κ1) is 28.8. The molecule has 0 spiro atoms. The number of aromatic nitrogens is 1. The topological polar surface area (TPSA) is 85.8 Å². The van der Waals surface area contributed by atoms with Gasteiger partial charge in [0.1, 0.15) is 18.5 Å².